The van der Waals surface area contributed by atoms with E-state index < -0.39 is 0 Å². The molecule has 1 N–H and O–H groups in total. The molecular formula is C13H18N2O3. The van der Waals surface area contributed by atoms with Crippen LogP contribution in [-0.4, -0.2) is 34.3 Å². The van der Waals surface area contributed by atoms with Crippen LogP contribution in [0.2, 0.25) is 0 Å². The summed E-state index contributed by atoms with van der Waals surface area (Å²) in [6.07, 6.45) is 0. The zero-order chi connectivity index (χ0) is 13.7. The molecular weight excluding hydrogens is 232 g/mol. The maximum atomic E-state index is 11.3. The van der Waals surface area contributed by atoms with Gasteiger partial charge in [-0.25, -0.2) is 9.78 Å². The van der Waals surface area contributed by atoms with Crippen molar-refractivity contribution in [1.82, 2.24) is 9.55 Å². The molecule has 0 aliphatic rings. The number of aliphatic hydroxyl groups is 1. The van der Waals surface area contributed by atoms with Crippen molar-refractivity contribution in [3.63, 3.8) is 0 Å². The van der Waals surface area contributed by atoms with Gasteiger partial charge in [0.1, 0.15) is 5.82 Å². The van der Waals surface area contributed by atoms with Crippen LogP contribution in [0.25, 0.3) is 11.0 Å². The minimum atomic E-state index is -0.333. The van der Waals surface area contributed by atoms with Crippen LogP contribution >= 0.6 is 0 Å². The van der Waals surface area contributed by atoms with Gasteiger partial charge in [0, 0.05) is 13.7 Å². The molecule has 0 atom stereocenters. The number of aryl methyl sites for hydroxylation is 2. The highest BCUT2D eigenvalue weighted by atomic mass is 16.5. The van der Waals surface area contributed by atoms with E-state index >= 15 is 0 Å². The van der Waals surface area contributed by atoms with Gasteiger partial charge in [-0.3, -0.25) is 0 Å². The number of nitrogens with zero attached hydrogens (tertiary/aromatic N) is 2. The lowest BCUT2D eigenvalue weighted by Gasteiger charge is -1.99. The third-order valence-corrected chi connectivity index (χ3v) is 2.53. The molecule has 1 aromatic carbocycles. The zero-order valence-corrected chi connectivity index (χ0v) is 11.1. The Morgan fingerprint density at radius 1 is 1.50 bits per heavy atom. The topological polar surface area (TPSA) is 64.3 Å². The molecule has 0 saturated carbocycles. The summed E-state index contributed by atoms with van der Waals surface area (Å²) < 4.78 is 6.63. The Morgan fingerprint density at radius 2 is 2.11 bits per heavy atom. The van der Waals surface area contributed by atoms with Gasteiger partial charge in [0.25, 0.3) is 0 Å². The number of rotatable bonds is 1. The van der Waals surface area contributed by atoms with E-state index in [4.69, 9.17) is 5.11 Å². The molecule has 2 rings (SSSR count). The van der Waals surface area contributed by atoms with Crippen LogP contribution in [0.1, 0.15) is 23.1 Å². The second kappa shape index (κ2) is 6.16. The Hall–Kier alpha value is -1.88. The largest absolute Gasteiger partial charge is 0.465 e. The number of esters is 1. The molecule has 0 bridgehead atoms. The number of carbonyl (C=O) groups is 1. The van der Waals surface area contributed by atoms with Crippen LogP contribution in [0.15, 0.2) is 18.2 Å². The van der Waals surface area contributed by atoms with E-state index in [1.54, 1.807) is 19.1 Å². The zero-order valence-electron chi connectivity index (χ0n) is 11.1. The summed E-state index contributed by atoms with van der Waals surface area (Å²) in [6, 6.07) is 5.37. The van der Waals surface area contributed by atoms with E-state index in [-0.39, 0.29) is 12.6 Å². The Balaban J connectivity index is 0.000000492. The molecule has 0 aliphatic carbocycles. The molecule has 1 aromatic heterocycles. The molecule has 0 unspecified atom stereocenters. The standard InChI is InChI=1S/C11H12N2O2.C2H6O/c1-7-12-9-6-8(11(14)15-3)4-5-10(9)13(7)2;1-2-3/h4-6H,1-3H3;3H,2H2,1H3. The summed E-state index contributed by atoms with van der Waals surface area (Å²) in [5.41, 5.74) is 2.36. The maximum Gasteiger partial charge on any atom is 0.337 e. The first-order valence-electron chi connectivity index (χ1n) is 5.67. The minimum absolute atomic E-state index is 0.250. The van der Waals surface area contributed by atoms with E-state index in [1.165, 1.54) is 7.11 Å². The number of benzene rings is 1. The van der Waals surface area contributed by atoms with Gasteiger partial charge in [-0.2, -0.15) is 0 Å². The smallest absolute Gasteiger partial charge is 0.337 e. The van der Waals surface area contributed by atoms with E-state index in [0.717, 1.165) is 16.9 Å². The van der Waals surface area contributed by atoms with Crippen LogP contribution in [0, 0.1) is 6.92 Å². The van der Waals surface area contributed by atoms with Gasteiger partial charge < -0.3 is 14.4 Å². The van der Waals surface area contributed by atoms with Gasteiger partial charge in [0.15, 0.2) is 0 Å². The molecule has 0 saturated heterocycles. The van der Waals surface area contributed by atoms with Crippen molar-refractivity contribution in [2.24, 2.45) is 7.05 Å². The van der Waals surface area contributed by atoms with Crippen LogP contribution < -0.4 is 0 Å². The van der Waals surface area contributed by atoms with Crippen molar-refractivity contribution in [1.29, 1.82) is 0 Å². The Bertz CT molecular complexity index is 546. The number of ether oxygens (including phenoxy) is 1. The fourth-order valence-electron chi connectivity index (χ4n) is 1.57. The lowest BCUT2D eigenvalue weighted by molar-refractivity contribution is 0.0601. The summed E-state index contributed by atoms with van der Waals surface area (Å²) in [5.74, 6) is 0.590. The molecule has 98 valence electrons. The van der Waals surface area contributed by atoms with Gasteiger partial charge in [-0.05, 0) is 32.0 Å². The van der Waals surface area contributed by atoms with E-state index in [0.29, 0.717) is 5.56 Å². The highest BCUT2D eigenvalue weighted by Crippen LogP contribution is 2.16. The normalized spacial score (nSPS) is 9.83. The summed E-state index contributed by atoms with van der Waals surface area (Å²) in [5, 5.41) is 7.57. The number of hydrogen-bond donors (Lipinski definition) is 1. The number of aromatic nitrogens is 2. The Kier molecular flexibility index (Phi) is 4.85. The van der Waals surface area contributed by atoms with E-state index in [1.807, 2.05) is 24.6 Å². The van der Waals surface area contributed by atoms with Crippen molar-refractivity contribution in [2.45, 2.75) is 13.8 Å². The molecule has 1 heterocycles. The molecule has 18 heavy (non-hydrogen) atoms. The van der Waals surface area contributed by atoms with Gasteiger partial charge in [-0.15, -0.1) is 0 Å². The summed E-state index contributed by atoms with van der Waals surface area (Å²) in [6.45, 7) is 3.86. The maximum absolute atomic E-state index is 11.3. The van der Waals surface area contributed by atoms with Crippen molar-refractivity contribution >= 4 is 17.0 Å². The fraction of sp³-hybridized carbons (Fsp3) is 0.385. The van der Waals surface area contributed by atoms with Crippen molar-refractivity contribution < 1.29 is 14.6 Å². The van der Waals surface area contributed by atoms with Crippen LogP contribution in [0.5, 0.6) is 0 Å². The summed E-state index contributed by atoms with van der Waals surface area (Å²) in [7, 11) is 3.32. The average Bonchev–Trinajstić information content (AvgIpc) is 2.64. The van der Waals surface area contributed by atoms with Crippen LogP contribution in [0.3, 0.4) is 0 Å². The van der Waals surface area contributed by atoms with E-state index in [2.05, 4.69) is 9.72 Å². The third kappa shape index (κ3) is 2.87. The monoisotopic (exact) mass is 250 g/mol. The highest BCUT2D eigenvalue weighted by Gasteiger charge is 2.09. The van der Waals surface area contributed by atoms with Crippen molar-refractivity contribution in [3.8, 4) is 0 Å². The average molecular weight is 250 g/mol. The number of imidazole rings is 1. The predicted octanol–water partition coefficient (Wildman–Crippen LogP) is 1.67. The second-order valence-electron chi connectivity index (χ2n) is 3.73. The number of methoxy groups -OCH3 is 1. The molecule has 5 heteroatoms. The van der Waals surface area contributed by atoms with Crippen LogP contribution in [0.4, 0.5) is 0 Å². The van der Waals surface area contributed by atoms with Gasteiger partial charge >= 0.3 is 5.97 Å². The summed E-state index contributed by atoms with van der Waals surface area (Å²) in [4.78, 5) is 15.6. The Morgan fingerprint density at radius 3 is 2.67 bits per heavy atom. The third-order valence-electron chi connectivity index (χ3n) is 2.53. The SMILES string of the molecule is CCO.COC(=O)c1ccc2c(c1)nc(C)n2C. The van der Waals surface area contributed by atoms with Crippen molar-refractivity contribution in [2.75, 3.05) is 13.7 Å². The number of hydrogen-bond acceptors (Lipinski definition) is 4. The molecule has 0 amide bonds. The summed E-state index contributed by atoms with van der Waals surface area (Å²) >= 11 is 0. The first-order valence-corrected chi connectivity index (χ1v) is 5.67. The molecule has 5 nitrogen and oxygen atoms in total. The Labute approximate surface area is 106 Å². The van der Waals surface area contributed by atoms with Crippen molar-refractivity contribution in [3.05, 3.63) is 29.6 Å². The number of carbonyl (C=O) groups excluding carboxylic acids is 1. The fourth-order valence-corrected chi connectivity index (χ4v) is 1.57. The first-order chi connectivity index (χ1) is 8.54. The molecule has 0 fully saturated rings. The molecule has 2 aromatic rings. The predicted molar refractivity (Wildman–Crippen MR) is 69.6 cm³/mol. The lowest BCUT2D eigenvalue weighted by atomic mass is 10.2. The second-order valence-corrected chi connectivity index (χ2v) is 3.73. The lowest BCUT2D eigenvalue weighted by Crippen LogP contribution is -2.00. The van der Waals surface area contributed by atoms with Gasteiger partial charge in [-0.1, -0.05) is 0 Å². The quantitative estimate of drug-likeness (QED) is 0.782. The van der Waals surface area contributed by atoms with E-state index in [9.17, 15) is 4.79 Å². The van der Waals surface area contributed by atoms with Crippen LogP contribution in [-0.2, 0) is 11.8 Å². The van der Waals surface area contributed by atoms with Gasteiger partial charge in [0.2, 0.25) is 0 Å². The number of fused-ring (bicyclic) bond motifs is 1. The highest BCUT2D eigenvalue weighted by molar-refractivity contribution is 5.93. The molecule has 0 spiro atoms. The molecule has 0 aliphatic heterocycles. The minimum Gasteiger partial charge on any atom is -0.465 e. The first kappa shape index (κ1) is 14.2. The van der Waals surface area contributed by atoms with Gasteiger partial charge in [0.05, 0.1) is 23.7 Å². The molecule has 0 radical (unpaired) electrons. The number of aliphatic hydroxyl groups excluding tert-OH is 1.